The van der Waals surface area contributed by atoms with Crippen molar-refractivity contribution in [3.05, 3.63) is 93.6 Å². The van der Waals surface area contributed by atoms with Crippen LogP contribution in [-0.2, 0) is 11.2 Å². The lowest BCUT2D eigenvalue weighted by Gasteiger charge is -2.35. The molecular weight excluding hydrogens is 587 g/mol. The fourth-order valence-electron chi connectivity index (χ4n) is 5.98. The number of nitrogens with zero attached hydrogens (tertiary/aromatic N) is 3. The Labute approximate surface area is 261 Å². The molecule has 0 saturated carbocycles. The summed E-state index contributed by atoms with van der Waals surface area (Å²) in [6, 6.07) is 20.2. The number of H-pyrrole nitrogens is 1. The first-order chi connectivity index (χ1) is 20.9. The lowest BCUT2D eigenvalue weighted by Crippen LogP contribution is -2.48. The van der Waals surface area contributed by atoms with Crippen molar-refractivity contribution in [1.29, 1.82) is 0 Å². The number of rotatable bonds is 7. The maximum Gasteiger partial charge on any atom is 0.416 e. The Balaban J connectivity index is 1.16. The molecule has 0 spiro atoms. The van der Waals surface area contributed by atoms with Gasteiger partial charge in [-0.05, 0) is 78.6 Å². The molecule has 3 heterocycles. The number of ether oxygens (including phenoxy) is 2. The van der Waals surface area contributed by atoms with Crippen LogP contribution in [0.25, 0.3) is 10.9 Å². The number of aromatic nitrogens is 1. The predicted molar refractivity (Wildman–Crippen MR) is 168 cm³/mol. The molecule has 1 aromatic heterocycles. The van der Waals surface area contributed by atoms with Crippen molar-refractivity contribution in [3.63, 3.8) is 0 Å². The Hall–Kier alpha value is -3.72. The van der Waals surface area contributed by atoms with Gasteiger partial charge in [0.2, 0.25) is 5.91 Å². The summed E-state index contributed by atoms with van der Waals surface area (Å²) in [6.45, 7) is 7.02. The molecule has 2 amide bonds. The van der Waals surface area contributed by atoms with Crippen molar-refractivity contribution >= 4 is 46.1 Å². The SMILES string of the molecule is CC(=O)N1CCN(CCCOc2ccc(C3c4[nH]c5ccc(Cl)cc5c4CCN3C(=O)Oc3ccc(Cl)cc3)cc2)CC1. The van der Waals surface area contributed by atoms with Gasteiger partial charge in [-0.25, -0.2) is 4.79 Å². The summed E-state index contributed by atoms with van der Waals surface area (Å²) in [6.07, 6.45) is 1.14. The monoisotopic (exact) mass is 620 g/mol. The summed E-state index contributed by atoms with van der Waals surface area (Å²) >= 11 is 12.4. The first-order valence-corrected chi connectivity index (χ1v) is 15.4. The number of benzene rings is 3. The molecule has 224 valence electrons. The van der Waals surface area contributed by atoms with Gasteiger partial charge in [0, 0.05) is 72.8 Å². The van der Waals surface area contributed by atoms with Gasteiger partial charge < -0.3 is 19.4 Å². The molecule has 2 aliphatic rings. The molecule has 1 N–H and O–H groups in total. The molecule has 1 unspecified atom stereocenters. The van der Waals surface area contributed by atoms with Crippen LogP contribution in [0.2, 0.25) is 10.0 Å². The summed E-state index contributed by atoms with van der Waals surface area (Å²) in [5.41, 5.74) is 4.04. The minimum Gasteiger partial charge on any atom is -0.494 e. The van der Waals surface area contributed by atoms with Gasteiger partial charge in [-0.3, -0.25) is 14.6 Å². The highest BCUT2D eigenvalue weighted by atomic mass is 35.5. The standard InChI is InChI=1S/C33H34Cl2N4O4/c1-22(40)38-18-16-37(17-19-38)14-2-20-42-26-8-3-23(4-9-26)32-31-28(29-21-25(35)7-12-30(29)36-31)13-15-39(32)33(41)43-27-10-5-24(34)6-11-27/h3-12,21,32,36H,2,13-20H2,1H3. The number of aromatic amines is 1. The van der Waals surface area contributed by atoms with Crippen molar-refractivity contribution < 1.29 is 19.1 Å². The van der Waals surface area contributed by atoms with Crippen LogP contribution in [0.3, 0.4) is 0 Å². The maximum absolute atomic E-state index is 13.5. The van der Waals surface area contributed by atoms with Crippen molar-refractivity contribution in [3.8, 4) is 11.5 Å². The van der Waals surface area contributed by atoms with E-state index >= 15 is 0 Å². The smallest absolute Gasteiger partial charge is 0.416 e. The minimum absolute atomic E-state index is 0.145. The zero-order valence-corrected chi connectivity index (χ0v) is 25.5. The zero-order chi connectivity index (χ0) is 29.9. The molecule has 4 aromatic rings. The van der Waals surface area contributed by atoms with E-state index < -0.39 is 6.09 Å². The molecule has 6 rings (SSSR count). The van der Waals surface area contributed by atoms with E-state index in [1.165, 1.54) is 0 Å². The summed E-state index contributed by atoms with van der Waals surface area (Å²) < 4.78 is 11.8. The highest BCUT2D eigenvalue weighted by Gasteiger charge is 2.36. The second-order valence-electron chi connectivity index (χ2n) is 11.0. The van der Waals surface area contributed by atoms with Gasteiger partial charge in [-0.2, -0.15) is 0 Å². The fraction of sp³-hybridized carbons (Fsp3) is 0.333. The van der Waals surface area contributed by atoms with E-state index in [1.807, 2.05) is 47.4 Å². The van der Waals surface area contributed by atoms with Gasteiger partial charge >= 0.3 is 6.09 Å². The van der Waals surface area contributed by atoms with Crippen molar-refractivity contribution in [2.45, 2.75) is 25.8 Å². The van der Waals surface area contributed by atoms with Crippen LogP contribution in [0.15, 0.2) is 66.7 Å². The average Bonchev–Trinajstić information content (AvgIpc) is 3.38. The third-order valence-electron chi connectivity index (χ3n) is 8.24. The van der Waals surface area contributed by atoms with E-state index in [0.29, 0.717) is 35.4 Å². The number of carbonyl (C=O) groups is 2. The van der Waals surface area contributed by atoms with Crippen LogP contribution in [0, 0.1) is 0 Å². The second kappa shape index (κ2) is 12.9. The second-order valence-corrected chi connectivity index (χ2v) is 11.9. The highest BCUT2D eigenvalue weighted by molar-refractivity contribution is 6.31. The molecule has 2 aliphatic heterocycles. The molecule has 10 heteroatoms. The Kier molecular flexibility index (Phi) is 8.79. The van der Waals surface area contributed by atoms with Gasteiger partial charge in [0.25, 0.3) is 0 Å². The molecule has 0 bridgehead atoms. The third kappa shape index (κ3) is 6.61. The molecule has 8 nitrogen and oxygen atoms in total. The molecule has 0 radical (unpaired) electrons. The van der Waals surface area contributed by atoms with E-state index in [9.17, 15) is 9.59 Å². The normalized spacial score (nSPS) is 17.1. The Morgan fingerprint density at radius 1 is 0.884 bits per heavy atom. The largest absolute Gasteiger partial charge is 0.494 e. The predicted octanol–water partition coefficient (Wildman–Crippen LogP) is 6.55. The van der Waals surface area contributed by atoms with Gasteiger partial charge in [0.05, 0.1) is 6.61 Å². The summed E-state index contributed by atoms with van der Waals surface area (Å²) in [4.78, 5) is 34.7. The molecular formula is C33H34Cl2N4O4. The van der Waals surface area contributed by atoms with Gasteiger partial charge in [-0.15, -0.1) is 0 Å². The number of piperazine rings is 1. The van der Waals surface area contributed by atoms with Crippen LogP contribution in [0.1, 0.15) is 36.2 Å². The van der Waals surface area contributed by atoms with Gasteiger partial charge in [-0.1, -0.05) is 35.3 Å². The first-order valence-electron chi connectivity index (χ1n) is 14.6. The van der Waals surface area contributed by atoms with Crippen molar-refractivity contribution in [2.75, 3.05) is 45.9 Å². The summed E-state index contributed by atoms with van der Waals surface area (Å²) in [5.74, 6) is 1.36. The van der Waals surface area contributed by atoms with Crippen LogP contribution < -0.4 is 9.47 Å². The quantitative estimate of drug-likeness (QED) is 0.237. The minimum atomic E-state index is -0.431. The molecule has 43 heavy (non-hydrogen) atoms. The molecule has 1 atom stereocenters. The summed E-state index contributed by atoms with van der Waals surface area (Å²) in [5, 5.41) is 2.32. The Morgan fingerprint density at radius 2 is 1.58 bits per heavy atom. The van der Waals surface area contributed by atoms with E-state index in [-0.39, 0.29) is 11.9 Å². The highest BCUT2D eigenvalue weighted by Crippen LogP contribution is 2.40. The molecule has 0 aliphatic carbocycles. The summed E-state index contributed by atoms with van der Waals surface area (Å²) in [7, 11) is 0. The van der Waals surface area contributed by atoms with Crippen molar-refractivity contribution in [1.82, 2.24) is 19.7 Å². The number of halogens is 2. The first kappa shape index (κ1) is 29.4. The van der Waals surface area contributed by atoms with Crippen molar-refractivity contribution in [2.24, 2.45) is 0 Å². The van der Waals surface area contributed by atoms with E-state index in [0.717, 1.165) is 72.6 Å². The number of fused-ring (bicyclic) bond motifs is 3. The number of carbonyl (C=O) groups excluding carboxylic acids is 2. The van der Waals surface area contributed by atoms with Gasteiger partial charge in [0.15, 0.2) is 0 Å². The molecule has 1 saturated heterocycles. The topological polar surface area (TPSA) is 78.1 Å². The lowest BCUT2D eigenvalue weighted by molar-refractivity contribution is -0.130. The van der Waals surface area contributed by atoms with E-state index in [4.69, 9.17) is 32.7 Å². The van der Waals surface area contributed by atoms with Gasteiger partial charge in [0.1, 0.15) is 17.5 Å². The molecule has 1 fully saturated rings. The van der Waals surface area contributed by atoms with E-state index in [1.54, 1.807) is 36.1 Å². The van der Waals surface area contributed by atoms with E-state index in [2.05, 4.69) is 9.88 Å². The third-order valence-corrected chi connectivity index (χ3v) is 8.73. The average molecular weight is 622 g/mol. The number of amides is 2. The maximum atomic E-state index is 13.5. The number of hydrogen-bond donors (Lipinski definition) is 1. The number of hydrogen-bond acceptors (Lipinski definition) is 5. The number of nitrogens with one attached hydrogen (secondary N) is 1. The van der Waals surface area contributed by atoms with Crippen LogP contribution in [0.4, 0.5) is 4.79 Å². The molecule has 3 aromatic carbocycles. The Morgan fingerprint density at radius 3 is 2.30 bits per heavy atom. The lowest BCUT2D eigenvalue weighted by atomic mass is 9.92. The Bertz CT molecular complexity index is 1600. The fourth-order valence-corrected chi connectivity index (χ4v) is 6.28. The zero-order valence-electron chi connectivity index (χ0n) is 24.0. The van der Waals surface area contributed by atoms with Crippen LogP contribution in [-0.4, -0.2) is 77.6 Å². The van der Waals surface area contributed by atoms with Crippen LogP contribution >= 0.6 is 23.2 Å². The van der Waals surface area contributed by atoms with Crippen LogP contribution in [0.5, 0.6) is 11.5 Å².